The summed E-state index contributed by atoms with van der Waals surface area (Å²) in [4.78, 5) is 0. The third kappa shape index (κ3) is 7.72. The largest absolute Gasteiger partial charge is 0.317 e. The van der Waals surface area contributed by atoms with E-state index in [2.05, 4.69) is 42.6 Å². The fraction of sp³-hybridized carbons (Fsp3) is 0.571. The van der Waals surface area contributed by atoms with E-state index >= 15 is 0 Å². The minimum atomic E-state index is 0. The molecule has 1 rings (SSSR count). The van der Waals surface area contributed by atoms with Crippen LogP contribution in [-0.4, -0.2) is 13.1 Å². The van der Waals surface area contributed by atoms with Crippen molar-refractivity contribution in [3.8, 4) is 0 Å². The van der Waals surface area contributed by atoms with Crippen molar-refractivity contribution >= 4 is 12.4 Å². The Morgan fingerprint density at radius 3 is 2.31 bits per heavy atom. The number of benzene rings is 1. The van der Waals surface area contributed by atoms with Crippen molar-refractivity contribution in [3.05, 3.63) is 35.9 Å². The van der Waals surface area contributed by atoms with Gasteiger partial charge in [0.1, 0.15) is 0 Å². The van der Waals surface area contributed by atoms with Crippen molar-refractivity contribution in [2.75, 3.05) is 13.1 Å². The second kappa shape index (κ2) is 11.0. The molecule has 1 aromatic rings. The molecule has 0 saturated carbocycles. The number of hydrogen-bond donors (Lipinski definition) is 1. The van der Waals surface area contributed by atoms with Gasteiger partial charge in [-0.2, -0.15) is 0 Å². The van der Waals surface area contributed by atoms with Gasteiger partial charge in [0.25, 0.3) is 0 Å². The number of aryl methyl sites for hydroxylation is 1. The van der Waals surface area contributed by atoms with E-state index in [0.29, 0.717) is 0 Å². The number of unbranched alkanes of at least 4 members (excludes halogenated alkanes) is 2. The molecule has 0 atom stereocenters. The SMILES string of the molecule is CCCCNCCCCc1ccccc1.Cl. The highest BCUT2D eigenvalue weighted by Crippen LogP contribution is 2.03. The third-order valence-electron chi connectivity index (χ3n) is 2.62. The second-order valence-corrected chi connectivity index (χ2v) is 4.05. The monoisotopic (exact) mass is 241 g/mol. The van der Waals surface area contributed by atoms with E-state index in [0.717, 1.165) is 0 Å². The lowest BCUT2D eigenvalue weighted by Gasteiger charge is -2.03. The summed E-state index contributed by atoms with van der Waals surface area (Å²) in [6.07, 6.45) is 6.40. The molecule has 2 heteroatoms. The van der Waals surface area contributed by atoms with Crippen LogP contribution in [0.4, 0.5) is 0 Å². The fourth-order valence-corrected chi connectivity index (χ4v) is 1.65. The van der Waals surface area contributed by atoms with Crippen LogP contribution in [0.25, 0.3) is 0 Å². The van der Waals surface area contributed by atoms with Gasteiger partial charge in [0.2, 0.25) is 0 Å². The van der Waals surface area contributed by atoms with Gasteiger partial charge in [-0.25, -0.2) is 0 Å². The van der Waals surface area contributed by atoms with Crippen molar-refractivity contribution < 1.29 is 0 Å². The van der Waals surface area contributed by atoms with Crippen LogP contribution in [0.15, 0.2) is 30.3 Å². The molecular formula is C14H24ClN. The highest BCUT2D eigenvalue weighted by atomic mass is 35.5. The molecule has 0 aliphatic heterocycles. The van der Waals surface area contributed by atoms with Gasteiger partial charge in [0, 0.05) is 0 Å². The topological polar surface area (TPSA) is 12.0 Å². The van der Waals surface area contributed by atoms with Crippen LogP contribution >= 0.6 is 12.4 Å². The van der Waals surface area contributed by atoms with E-state index in [1.807, 2.05) is 0 Å². The second-order valence-electron chi connectivity index (χ2n) is 4.05. The van der Waals surface area contributed by atoms with Gasteiger partial charge in [-0.1, -0.05) is 43.7 Å². The van der Waals surface area contributed by atoms with Crippen LogP contribution in [0.2, 0.25) is 0 Å². The lowest BCUT2D eigenvalue weighted by Crippen LogP contribution is -2.16. The van der Waals surface area contributed by atoms with Crippen LogP contribution < -0.4 is 5.32 Å². The molecule has 1 N–H and O–H groups in total. The van der Waals surface area contributed by atoms with Gasteiger partial charge in [0.15, 0.2) is 0 Å². The quantitative estimate of drug-likeness (QED) is 0.683. The van der Waals surface area contributed by atoms with Gasteiger partial charge in [-0.05, 0) is 44.3 Å². The van der Waals surface area contributed by atoms with E-state index in [9.17, 15) is 0 Å². The molecule has 0 unspecified atom stereocenters. The molecule has 0 fully saturated rings. The summed E-state index contributed by atoms with van der Waals surface area (Å²) in [7, 11) is 0. The zero-order valence-electron chi connectivity index (χ0n) is 10.2. The molecule has 0 bridgehead atoms. The molecule has 1 nitrogen and oxygen atoms in total. The molecule has 0 heterocycles. The van der Waals surface area contributed by atoms with Crippen LogP contribution in [0, 0.1) is 0 Å². The van der Waals surface area contributed by atoms with Gasteiger partial charge in [-0.15, -0.1) is 12.4 Å². The van der Waals surface area contributed by atoms with Crippen LogP contribution in [0.5, 0.6) is 0 Å². The van der Waals surface area contributed by atoms with E-state index in [1.54, 1.807) is 0 Å². The van der Waals surface area contributed by atoms with E-state index in [4.69, 9.17) is 0 Å². The smallest absolute Gasteiger partial charge is 0.00488 e. The Morgan fingerprint density at radius 1 is 0.938 bits per heavy atom. The summed E-state index contributed by atoms with van der Waals surface area (Å²) in [6.45, 7) is 4.59. The van der Waals surface area contributed by atoms with Crippen molar-refractivity contribution in [3.63, 3.8) is 0 Å². The Kier molecular flexibility index (Phi) is 10.6. The third-order valence-corrected chi connectivity index (χ3v) is 2.62. The Balaban J connectivity index is 0.00000225. The zero-order chi connectivity index (χ0) is 10.8. The molecule has 92 valence electrons. The first-order chi connectivity index (χ1) is 7.43. The molecule has 0 aromatic heterocycles. The van der Waals surface area contributed by atoms with E-state index in [1.165, 1.54) is 50.8 Å². The van der Waals surface area contributed by atoms with Crippen molar-refractivity contribution in [1.29, 1.82) is 0 Å². The first-order valence-electron chi connectivity index (χ1n) is 6.18. The maximum absolute atomic E-state index is 3.47. The average Bonchev–Trinajstić information content (AvgIpc) is 2.29. The first-order valence-corrected chi connectivity index (χ1v) is 6.18. The fourth-order valence-electron chi connectivity index (χ4n) is 1.65. The van der Waals surface area contributed by atoms with E-state index < -0.39 is 0 Å². The molecule has 1 aromatic carbocycles. The summed E-state index contributed by atoms with van der Waals surface area (Å²) < 4.78 is 0. The molecule has 16 heavy (non-hydrogen) atoms. The Labute approximate surface area is 106 Å². The normalized spacial score (nSPS) is 9.81. The maximum Gasteiger partial charge on any atom is -0.00488 e. The van der Waals surface area contributed by atoms with Crippen molar-refractivity contribution in [1.82, 2.24) is 5.32 Å². The Bertz CT molecular complexity index is 236. The molecular weight excluding hydrogens is 218 g/mol. The highest BCUT2D eigenvalue weighted by Gasteiger charge is 1.92. The zero-order valence-corrected chi connectivity index (χ0v) is 11.1. The lowest BCUT2D eigenvalue weighted by molar-refractivity contribution is 0.599. The Hall–Kier alpha value is -0.530. The first kappa shape index (κ1) is 15.5. The standard InChI is InChI=1S/C14H23N.ClH/c1-2-3-12-15-13-8-7-11-14-9-5-4-6-10-14;/h4-6,9-10,15H,2-3,7-8,11-13H2,1H3;1H. The van der Waals surface area contributed by atoms with Crippen molar-refractivity contribution in [2.45, 2.75) is 39.0 Å². The predicted molar refractivity (Wildman–Crippen MR) is 74.4 cm³/mol. The Morgan fingerprint density at radius 2 is 1.62 bits per heavy atom. The average molecular weight is 242 g/mol. The summed E-state index contributed by atoms with van der Waals surface area (Å²) in [5, 5.41) is 3.47. The summed E-state index contributed by atoms with van der Waals surface area (Å²) in [5.41, 5.74) is 1.46. The number of hydrogen-bond acceptors (Lipinski definition) is 1. The molecule has 0 aliphatic carbocycles. The van der Waals surface area contributed by atoms with Gasteiger partial charge in [-0.3, -0.25) is 0 Å². The van der Waals surface area contributed by atoms with Crippen molar-refractivity contribution in [2.24, 2.45) is 0 Å². The summed E-state index contributed by atoms with van der Waals surface area (Å²) >= 11 is 0. The predicted octanol–water partition coefficient (Wildman–Crippen LogP) is 3.82. The molecule has 0 saturated heterocycles. The minimum Gasteiger partial charge on any atom is -0.317 e. The van der Waals surface area contributed by atoms with Gasteiger partial charge in [0.05, 0.1) is 0 Å². The van der Waals surface area contributed by atoms with Crippen LogP contribution in [-0.2, 0) is 6.42 Å². The minimum absolute atomic E-state index is 0. The molecule has 0 amide bonds. The van der Waals surface area contributed by atoms with E-state index in [-0.39, 0.29) is 12.4 Å². The number of nitrogens with one attached hydrogen (secondary N) is 1. The van der Waals surface area contributed by atoms with Gasteiger partial charge >= 0.3 is 0 Å². The lowest BCUT2D eigenvalue weighted by atomic mass is 10.1. The molecule has 0 aliphatic rings. The maximum atomic E-state index is 3.47. The number of rotatable bonds is 8. The highest BCUT2D eigenvalue weighted by molar-refractivity contribution is 5.85. The molecule has 0 spiro atoms. The summed E-state index contributed by atoms with van der Waals surface area (Å²) in [6, 6.07) is 10.7. The summed E-state index contributed by atoms with van der Waals surface area (Å²) in [5.74, 6) is 0. The van der Waals surface area contributed by atoms with Gasteiger partial charge < -0.3 is 5.32 Å². The van der Waals surface area contributed by atoms with Crippen LogP contribution in [0.1, 0.15) is 38.2 Å². The number of halogens is 1. The van der Waals surface area contributed by atoms with Crippen LogP contribution in [0.3, 0.4) is 0 Å². The molecule has 0 radical (unpaired) electrons.